The third-order valence-electron chi connectivity index (χ3n) is 5.19. The standard InChI is InChI=1S/C17H29N5O2S/c1-13(2)5-6-20-7-8-21(16-11-25(23,24)10-15(16)20)9-17-19-18-12-22(17)14(3)4/h5,12,14-16H,6-11H2,1-4H3/t15-,16+/m0/s1. The van der Waals surface area contributed by atoms with Crippen LogP contribution in [0, 0.1) is 0 Å². The molecular formula is C17H29N5O2S. The SMILES string of the molecule is CC(C)=CCN1CCN(Cc2nncn2C(C)C)[C@@H]2CS(=O)(=O)C[C@@H]21. The Labute approximate surface area is 150 Å². The first-order valence-corrected chi connectivity index (χ1v) is 10.8. The van der Waals surface area contributed by atoms with Gasteiger partial charge < -0.3 is 4.57 Å². The molecule has 0 radical (unpaired) electrons. The number of nitrogens with zero attached hydrogens (tertiary/aromatic N) is 5. The summed E-state index contributed by atoms with van der Waals surface area (Å²) in [6.07, 6.45) is 3.95. The molecule has 0 aliphatic carbocycles. The molecule has 0 spiro atoms. The number of fused-ring (bicyclic) bond motifs is 1. The molecule has 0 amide bonds. The van der Waals surface area contributed by atoms with Gasteiger partial charge in [-0.05, 0) is 27.7 Å². The van der Waals surface area contributed by atoms with Gasteiger partial charge in [0.05, 0.1) is 18.1 Å². The van der Waals surface area contributed by atoms with Gasteiger partial charge in [-0.1, -0.05) is 11.6 Å². The highest BCUT2D eigenvalue weighted by molar-refractivity contribution is 7.91. The molecule has 1 aromatic rings. The lowest BCUT2D eigenvalue weighted by Crippen LogP contribution is -2.58. The second-order valence-corrected chi connectivity index (χ2v) is 9.86. The molecule has 2 aliphatic rings. The molecule has 1 aromatic heterocycles. The minimum Gasteiger partial charge on any atom is -0.314 e. The van der Waals surface area contributed by atoms with Crippen LogP contribution in [0.15, 0.2) is 18.0 Å². The molecule has 2 atom stereocenters. The molecule has 2 saturated heterocycles. The zero-order valence-corrected chi connectivity index (χ0v) is 16.4. The van der Waals surface area contributed by atoms with Crippen molar-refractivity contribution in [2.75, 3.05) is 31.1 Å². The van der Waals surface area contributed by atoms with Crippen molar-refractivity contribution in [2.24, 2.45) is 0 Å². The van der Waals surface area contributed by atoms with Crippen LogP contribution >= 0.6 is 0 Å². The molecule has 2 fully saturated rings. The molecule has 7 nitrogen and oxygen atoms in total. The van der Waals surface area contributed by atoms with Crippen LogP contribution in [0.5, 0.6) is 0 Å². The molecule has 0 N–H and O–H groups in total. The molecular weight excluding hydrogens is 338 g/mol. The maximum Gasteiger partial charge on any atom is 0.153 e. The van der Waals surface area contributed by atoms with Crippen molar-refractivity contribution in [3.63, 3.8) is 0 Å². The topological polar surface area (TPSA) is 71.3 Å². The largest absolute Gasteiger partial charge is 0.314 e. The number of hydrogen-bond donors (Lipinski definition) is 0. The van der Waals surface area contributed by atoms with Crippen molar-refractivity contribution in [2.45, 2.75) is 52.4 Å². The van der Waals surface area contributed by atoms with Crippen LogP contribution in [0.2, 0.25) is 0 Å². The predicted molar refractivity (Wildman–Crippen MR) is 98.1 cm³/mol. The van der Waals surface area contributed by atoms with Crippen LogP contribution in [0.4, 0.5) is 0 Å². The van der Waals surface area contributed by atoms with Gasteiger partial charge in [-0.3, -0.25) is 9.80 Å². The molecule has 3 heterocycles. The lowest BCUT2D eigenvalue weighted by atomic mass is 10.0. The Kier molecular flexibility index (Phi) is 5.31. The van der Waals surface area contributed by atoms with Crippen LogP contribution in [0.25, 0.3) is 0 Å². The molecule has 0 aromatic carbocycles. The van der Waals surface area contributed by atoms with Crippen LogP contribution in [0.1, 0.15) is 39.6 Å². The lowest BCUT2D eigenvalue weighted by Gasteiger charge is -2.43. The van der Waals surface area contributed by atoms with Crippen molar-refractivity contribution in [1.82, 2.24) is 24.6 Å². The van der Waals surface area contributed by atoms with E-state index in [2.05, 4.69) is 58.3 Å². The molecule has 25 heavy (non-hydrogen) atoms. The number of rotatable bonds is 5. The fourth-order valence-electron chi connectivity index (χ4n) is 3.81. The zero-order chi connectivity index (χ0) is 18.2. The summed E-state index contributed by atoms with van der Waals surface area (Å²) in [5, 5.41) is 8.30. The maximum absolute atomic E-state index is 12.3. The highest BCUT2D eigenvalue weighted by atomic mass is 32.2. The van der Waals surface area contributed by atoms with Crippen LogP contribution in [-0.4, -0.2) is 76.2 Å². The van der Waals surface area contributed by atoms with E-state index in [1.807, 2.05) is 0 Å². The van der Waals surface area contributed by atoms with E-state index in [-0.39, 0.29) is 23.6 Å². The highest BCUT2D eigenvalue weighted by Gasteiger charge is 2.46. The van der Waals surface area contributed by atoms with Crippen LogP contribution in [0.3, 0.4) is 0 Å². The van der Waals surface area contributed by atoms with Crippen molar-refractivity contribution >= 4 is 9.84 Å². The number of piperazine rings is 1. The van der Waals surface area contributed by atoms with Gasteiger partial charge in [-0.15, -0.1) is 10.2 Å². The summed E-state index contributed by atoms with van der Waals surface area (Å²) in [6.45, 7) is 11.6. The summed E-state index contributed by atoms with van der Waals surface area (Å²) < 4.78 is 26.7. The van der Waals surface area contributed by atoms with Gasteiger partial charge in [0.15, 0.2) is 9.84 Å². The normalized spacial score (nSPS) is 26.8. The number of sulfone groups is 1. The fourth-order valence-corrected chi connectivity index (χ4v) is 5.85. The Morgan fingerprint density at radius 2 is 1.88 bits per heavy atom. The minimum absolute atomic E-state index is 0.0432. The Morgan fingerprint density at radius 3 is 2.52 bits per heavy atom. The molecule has 8 heteroatoms. The van der Waals surface area contributed by atoms with Crippen LogP contribution < -0.4 is 0 Å². The first-order valence-electron chi connectivity index (χ1n) is 8.97. The fraction of sp³-hybridized carbons (Fsp3) is 0.765. The average molecular weight is 368 g/mol. The summed E-state index contributed by atoms with van der Waals surface area (Å²) in [6, 6.07) is 0.415. The number of allylic oxidation sites excluding steroid dienone is 1. The van der Waals surface area contributed by atoms with Gasteiger partial charge in [0.1, 0.15) is 12.2 Å². The Hall–Kier alpha value is -1.25. The van der Waals surface area contributed by atoms with E-state index in [0.29, 0.717) is 12.6 Å². The summed E-state index contributed by atoms with van der Waals surface area (Å²) >= 11 is 0. The maximum atomic E-state index is 12.3. The zero-order valence-electron chi connectivity index (χ0n) is 15.6. The van der Waals surface area contributed by atoms with Gasteiger partial charge in [0.2, 0.25) is 0 Å². The van der Waals surface area contributed by atoms with E-state index < -0.39 is 9.84 Å². The van der Waals surface area contributed by atoms with Gasteiger partial charge in [-0.2, -0.15) is 0 Å². The molecule has 0 unspecified atom stereocenters. The minimum atomic E-state index is -2.99. The summed E-state index contributed by atoms with van der Waals surface area (Å²) in [4.78, 5) is 4.61. The second-order valence-electron chi connectivity index (χ2n) is 7.71. The van der Waals surface area contributed by atoms with Gasteiger partial charge in [-0.25, -0.2) is 8.42 Å². The molecule has 3 rings (SSSR count). The highest BCUT2D eigenvalue weighted by Crippen LogP contribution is 2.28. The monoisotopic (exact) mass is 367 g/mol. The number of aromatic nitrogens is 3. The van der Waals surface area contributed by atoms with E-state index in [1.54, 1.807) is 6.33 Å². The lowest BCUT2D eigenvalue weighted by molar-refractivity contribution is 0.0451. The smallest absolute Gasteiger partial charge is 0.153 e. The van der Waals surface area contributed by atoms with Crippen molar-refractivity contribution in [3.8, 4) is 0 Å². The van der Waals surface area contributed by atoms with Crippen LogP contribution in [-0.2, 0) is 16.4 Å². The van der Waals surface area contributed by atoms with Crippen molar-refractivity contribution in [1.29, 1.82) is 0 Å². The van der Waals surface area contributed by atoms with Gasteiger partial charge in [0, 0.05) is 37.8 Å². The third-order valence-corrected chi connectivity index (χ3v) is 6.89. The Bertz CT molecular complexity index is 736. The summed E-state index contributed by atoms with van der Waals surface area (Å²) in [5.41, 5.74) is 1.27. The van der Waals surface area contributed by atoms with Crippen molar-refractivity contribution in [3.05, 3.63) is 23.8 Å². The number of hydrogen-bond acceptors (Lipinski definition) is 6. The third kappa shape index (κ3) is 4.12. The quantitative estimate of drug-likeness (QED) is 0.726. The molecule has 140 valence electrons. The van der Waals surface area contributed by atoms with Gasteiger partial charge in [0.25, 0.3) is 0 Å². The second kappa shape index (κ2) is 7.17. The summed E-state index contributed by atoms with van der Waals surface area (Å²) in [7, 11) is -2.99. The first kappa shape index (κ1) is 18.5. The van der Waals surface area contributed by atoms with E-state index in [1.165, 1.54) is 5.57 Å². The van der Waals surface area contributed by atoms with E-state index in [9.17, 15) is 8.42 Å². The van der Waals surface area contributed by atoms with Gasteiger partial charge >= 0.3 is 0 Å². The predicted octanol–water partition coefficient (Wildman–Crippen LogP) is 1.11. The van der Waals surface area contributed by atoms with Crippen molar-refractivity contribution < 1.29 is 8.42 Å². The molecule has 0 bridgehead atoms. The van der Waals surface area contributed by atoms with E-state index >= 15 is 0 Å². The Balaban J connectivity index is 1.79. The first-order chi connectivity index (χ1) is 11.8. The average Bonchev–Trinajstić information content (AvgIpc) is 3.09. The Morgan fingerprint density at radius 1 is 1.24 bits per heavy atom. The summed E-state index contributed by atoms with van der Waals surface area (Å²) in [5.74, 6) is 1.43. The molecule has 0 saturated carbocycles. The van der Waals surface area contributed by atoms with E-state index in [4.69, 9.17) is 0 Å². The van der Waals surface area contributed by atoms with E-state index in [0.717, 1.165) is 25.5 Å². The molecule has 2 aliphatic heterocycles.